The molecule has 3 rings (SSSR count). The molecule has 0 aromatic carbocycles. The standard InChI is InChI=1S/C14H16N2O/c1-10-13-6-5-11(7-8-17)9-16(13)14(15-10)12-3-2-4-12/h5-6,8-9,12H,2-4,7H2,1H3. The van der Waals surface area contributed by atoms with E-state index in [-0.39, 0.29) is 0 Å². The number of aromatic nitrogens is 2. The van der Waals surface area contributed by atoms with E-state index in [1.807, 2.05) is 6.07 Å². The van der Waals surface area contributed by atoms with Crippen LogP contribution in [-0.2, 0) is 11.2 Å². The normalized spacial score (nSPS) is 16.1. The molecule has 0 saturated heterocycles. The highest BCUT2D eigenvalue weighted by atomic mass is 16.1. The number of aldehydes is 1. The Kier molecular flexibility index (Phi) is 2.46. The molecule has 0 aliphatic heterocycles. The van der Waals surface area contributed by atoms with Gasteiger partial charge in [0, 0.05) is 18.5 Å². The summed E-state index contributed by atoms with van der Waals surface area (Å²) in [5.41, 5.74) is 3.32. The third kappa shape index (κ3) is 1.66. The van der Waals surface area contributed by atoms with Gasteiger partial charge in [0.1, 0.15) is 12.1 Å². The monoisotopic (exact) mass is 228 g/mol. The number of carbonyl (C=O) groups excluding carboxylic acids is 1. The van der Waals surface area contributed by atoms with E-state index in [0.29, 0.717) is 12.3 Å². The number of rotatable bonds is 3. The quantitative estimate of drug-likeness (QED) is 0.757. The van der Waals surface area contributed by atoms with Crippen LogP contribution in [0.4, 0.5) is 0 Å². The van der Waals surface area contributed by atoms with Gasteiger partial charge in [0.05, 0.1) is 11.2 Å². The Morgan fingerprint density at radius 3 is 2.94 bits per heavy atom. The number of imidazole rings is 1. The highest BCUT2D eigenvalue weighted by molar-refractivity contribution is 5.58. The minimum atomic E-state index is 0.483. The van der Waals surface area contributed by atoms with E-state index < -0.39 is 0 Å². The molecular formula is C14H16N2O. The summed E-state index contributed by atoms with van der Waals surface area (Å²) in [6.45, 7) is 2.05. The van der Waals surface area contributed by atoms with Crippen molar-refractivity contribution in [1.29, 1.82) is 0 Å². The topological polar surface area (TPSA) is 34.4 Å². The van der Waals surface area contributed by atoms with Crippen LogP contribution in [0.15, 0.2) is 18.3 Å². The van der Waals surface area contributed by atoms with Crippen molar-refractivity contribution in [1.82, 2.24) is 9.38 Å². The molecule has 1 fully saturated rings. The van der Waals surface area contributed by atoms with Crippen LogP contribution in [0.3, 0.4) is 0 Å². The summed E-state index contributed by atoms with van der Waals surface area (Å²) in [5, 5.41) is 0. The predicted molar refractivity (Wildman–Crippen MR) is 66.3 cm³/mol. The third-order valence-corrected chi connectivity index (χ3v) is 3.70. The average Bonchev–Trinajstić information content (AvgIpc) is 2.55. The van der Waals surface area contributed by atoms with E-state index in [9.17, 15) is 4.79 Å². The Morgan fingerprint density at radius 1 is 1.47 bits per heavy atom. The maximum Gasteiger partial charge on any atom is 0.124 e. The second kappa shape index (κ2) is 3.99. The van der Waals surface area contributed by atoms with Gasteiger partial charge in [0.15, 0.2) is 0 Å². The summed E-state index contributed by atoms with van der Waals surface area (Å²) in [5.74, 6) is 1.79. The molecule has 2 heterocycles. The van der Waals surface area contributed by atoms with Crippen LogP contribution in [0.2, 0.25) is 0 Å². The maximum absolute atomic E-state index is 10.6. The van der Waals surface area contributed by atoms with Gasteiger partial charge >= 0.3 is 0 Å². The zero-order chi connectivity index (χ0) is 11.8. The molecule has 0 N–H and O–H groups in total. The van der Waals surface area contributed by atoms with Gasteiger partial charge < -0.3 is 9.20 Å². The van der Waals surface area contributed by atoms with Crippen molar-refractivity contribution >= 4 is 11.8 Å². The molecule has 1 saturated carbocycles. The highest BCUT2D eigenvalue weighted by Gasteiger charge is 2.24. The predicted octanol–water partition coefficient (Wildman–Crippen LogP) is 2.65. The fourth-order valence-electron chi connectivity index (χ4n) is 2.48. The molecule has 1 aliphatic rings. The lowest BCUT2D eigenvalue weighted by Crippen LogP contribution is -2.12. The number of hydrogen-bond donors (Lipinski definition) is 0. The number of nitrogens with zero attached hydrogens (tertiary/aromatic N) is 2. The molecule has 88 valence electrons. The molecule has 2 aromatic heterocycles. The fourth-order valence-corrected chi connectivity index (χ4v) is 2.48. The van der Waals surface area contributed by atoms with Crippen LogP contribution in [0, 0.1) is 6.92 Å². The van der Waals surface area contributed by atoms with E-state index in [1.54, 1.807) is 0 Å². The lowest BCUT2D eigenvalue weighted by molar-refractivity contribution is -0.107. The van der Waals surface area contributed by atoms with E-state index in [2.05, 4.69) is 28.6 Å². The molecule has 0 spiro atoms. The Labute approximate surface area is 100 Å². The first-order valence-corrected chi connectivity index (χ1v) is 6.20. The summed E-state index contributed by atoms with van der Waals surface area (Å²) < 4.78 is 2.18. The van der Waals surface area contributed by atoms with E-state index in [1.165, 1.54) is 30.6 Å². The second-order valence-electron chi connectivity index (χ2n) is 4.85. The van der Waals surface area contributed by atoms with Gasteiger partial charge in [-0.2, -0.15) is 0 Å². The second-order valence-corrected chi connectivity index (χ2v) is 4.85. The van der Waals surface area contributed by atoms with Gasteiger partial charge in [0.25, 0.3) is 0 Å². The Morgan fingerprint density at radius 2 is 2.29 bits per heavy atom. The molecular weight excluding hydrogens is 212 g/mol. The molecule has 0 amide bonds. The number of aryl methyl sites for hydroxylation is 1. The van der Waals surface area contributed by atoms with Crippen molar-refractivity contribution in [3.8, 4) is 0 Å². The third-order valence-electron chi connectivity index (χ3n) is 3.70. The zero-order valence-electron chi connectivity index (χ0n) is 10.0. The van der Waals surface area contributed by atoms with Gasteiger partial charge in [-0.25, -0.2) is 4.98 Å². The summed E-state index contributed by atoms with van der Waals surface area (Å²) in [6.07, 6.45) is 7.31. The maximum atomic E-state index is 10.6. The summed E-state index contributed by atoms with van der Waals surface area (Å²) in [6, 6.07) is 4.09. The van der Waals surface area contributed by atoms with Crippen LogP contribution in [0.1, 0.15) is 42.3 Å². The number of fused-ring (bicyclic) bond motifs is 1. The number of pyridine rings is 1. The first-order chi connectivity index (χ1) is 8.29. The fraction of sp³-hybridized carbons (Fsp3) is 0.429. The molecule has 0 radical (unpaired) electrons. The van der Waals surface area contributed by atoms with Gasteiger partial charge in [-0.3, -0.25) is 0 Å². The van der Waals surface area contributed by atoms with Crippen molar-refractivity contribution in [2.45, 2.75) is 38.5 Å². The van der Waals surface area contributed by atoms with Crippen molar-refractivity contribution < 1.29 is 4.79 Å². The van der Waals surface area contributed by atoms with Crippen LogP contribution in [-0.4, -0.2) is 15.7 Å². The average molecular weight is 228 g/mol. The number of hydrogen-bond acceptors (Lipinski definition) is 2. The van der Waals surface area contributed by atoms with Crippen molar-refractivity contribution in [3.05, 3.63) is 35.4 Å². The minimum Gasteiger partial charge on any atom is -0.303 e. The van der Waals surface area contributed by atoms with Crippen molar-refractivity contribution in [2.75, 3.05) is 0 Å². The van der Waals surface area contributed by atoms with Crippen LogP contribution in [0.5, 0.6) is 0 Å². The molecule has 0 atom stereocenters. The Balaban J connectivity index is 2.13. The smallest absolute Gasteiger partial charge is 0.124 e. The largest absolute Gasteiger partial charge is 0.303 e. The number of carbonyl (C=O) groups is 1. The summed E-state index contributed by atoms with van der Waals surface area (Å²) >= 11 is 0. The van der Waals surface area contributed by atoms with Crippen LogP contribution in [0.25, 0.3) is 5.52 Å². The lowest BCUT2D eigenvalue weighted by Gasteiger charge is -2.24. The first-order valence-electron chi connectivity index (χ1n) is 6.20. The summed E-state index contributed by atoms with van der Waals surface area (Å²) in [7, 11) is 0. The van der Waals surface area contributed by atoms with Crippen LogP contribution >= 0.6 is 0 Å². The van der Waals surface area contributed by atoms with Gasteiger partial charge in [-0.1, -0.05) is 12.5 Å². The van der Waals surface area contributed by atoms with Crippen molar-refractivity contribution in [2.24, 2.45) is 0 Å². The SMILES string of the molecule is Cc1nc(C2CCC2)n2cc(CC=O)ccc12. The molecule has 0 bridgehead atoms. The molecule has 0 unspecified atom stereocenters. The van der Waals surface area contributed by atoms with E-state index >= 15 is 0 Å². The molecule has 3 nitrogen and oxygen atoms in total. The highest BCUT2D eigenvalue weighted by Crippen LogP contribution is 2.36. The van der Waals surface area contributed by atoms with E-state index in [0.717, 1.165) is 17.5 Å². The molecule has 1 aliphatic carbocycles. The Hall–Kier alpha value is -1.64. The molecule has 2 aromatic rings. The van der Waals surface area contributed by atoms with Gasteiger partial charge in [-0.05, 0) is 31.4 Å². The van der Waals surface area contributed by atoms with Gasteiger partial charge in [0.2, 0.25) is 0 Å². The van der Waals surface area contributed by atoms with Crippen molar-refractivity contribution in [3.63, 3.8) is 0 Å². The minimum absolute atomic E-state index is 0.483. The van der Waals surface area contributed by atoms with Gasteiger partial charge in [-0.15, -0.1) is 0 Å². The first kappa shape index (κ1) is 10.5. The van der Waals surface area contributed by atoms with Crippen LogP contribution < -0.4 is 0 Å². The lowest BCUT2D eigenvalue weighted by atomic mass is 9.85. The Bertz CT molecular complexity index is 567. The molecule has 3 heteroatoms. The summed E-state index contributed by atoms with van der Waals surface area (Å²) in [4.78, 5) is 15.3. The van der Waals surface area contributed by atoms with E-state index in [4.69, 9.17) is 0 Å². The zero-order valence-corrected chi connectivity index (χ0v) is 10.0. The molecule has 17 heavy (non-hydrogen) atoms.